The number of benzene rings is 1. The Morgan fingerprint density at radius 1 is 1.13 bits per heavy atom. The van der Waals surface area contributed by atoms with Crippen LogP contribution in [0.1, 0.15) is 29.3 Å². The van der Waals surface area contributed by atoms with Gasteiger partial charge in [0.15, 0.2) is 0 Å². The van der Waals surface area contributed by atoms with Crippen molar-refractivity contribution in [1.29, 1.82) is 5.26 Å². The van der Waals surface area contributed by atoms with Crippen LogP contribution in [0.2, 0.25) is 0 Å². The van der Waals surface area contributed by atoms with Crippen molar-refractivity contribution in [3.63, 3.8) is 0 Å². The molecule has 1 N–H and O–H groups in total. The number of esters is 2. The zero-order valence-corrected chi connectivity index (χ0v) is 13.2. The molecule has 1 aromatic rings. The van der Waals surface area contributed by atoms with Crippen molar-refractivity contribution in [2.24, 2.45) is 5.92 Å². The number of nitrogens with zero attached hydrogens (tertiary/aromatic N) is 1. The van der Waals surface area contributed by atoms with Crippen LogP contribution in [-0.2, 0) is 19.1 Å². The molecular weight excluding hydrogens is 300 g/mol. The van der Waals surface area contributed by atoms with E-state index in [0.29, 0.717) is 11.1 Å². The highest BCUT2D eigenvalue weighted by molar-refractivity contribution is 5.97. The van der Waals surface area contributed by atoms with Gasteiger partial charge in [-0.2, -0.15) is 5.26 Å². The first-order valence-corrected chi connectivity index (χ1v) is 6.89. The fraction of sp³-hybridized carbons (Fsp3) is 0.375. The third kappa shape index (κ3) is 5.11. The number of nitriles is 1. The number of methoxy groups -OCH3 is 2. The second-order valence-corrected chi connectivity index (χ2v) is 4.90. The molecule has 1 aromatic carbocycles. The number of hydrogen-bond donors (Lipinski definition) is 1. The van der Waals surface area contributed by atoms with Gasteiger partial charge in [-0.25, -0.2) is 4.79 Å². The molecule has 0 saturated carbocycles. The van der Waals surface area contributed by atoms with E-state index in [9.17, 15) is 14.4 Å². The van der Waals surface area contributed by atoms with Crippen molar-refractivity contribution < 1.29 is 23.9 Å². The van der Waals surface area contributed by atoms with E-state index in [4.69, 9.17) is 5.26 Å². The first-order chi connectivity index (χ1) is 10.9. The fourth-order valence-electron chi connectivity index (χ4n) is 1.95. The Morgan fingerprint density at radius 2 is 1.70 bits per heavy atom. The first-order valence-electron chi connectivity index (χ1n) is 6.89. The number of rotatable bonds is 6. The quantitative estimate of drug-likeness (QED) is 0.785. The Bertz CT molecular complexity index is 618. The van der Waals surface area contributed by atoms with Crippen LogP contribution in [-0.4, -0.2) is 38.1 Å². The molecule has 2 atom stereocenters. The van der Waals surface area contributed by atoms with Gasteiger partial charge in [-0.1, -0.05) is 6.92 Å². The molecule has 0 spiro atoms. The van der Waals surface area contributed by atoms with Crippen LogP contribution in [0, 0.1) is 17.2 Å². The van der Waals surface area contributed by atoms with Crippen LogP contribution in [0.4, 0.5) is 0 Å². The van der Waals surface area contributed by atoms with E-state index in [0.717, 1.165) is 0 Å². The summed E-state index contributed by atoms with van der Waals surface area (Å²) < 4.78 is 9.26. The summed E-state index contributed by atoms with van der Waals surface area (Å²) >= 11 is 0. The molecule has 1 amide bonds. The molecule has 0 aliphatic rings. The van der Waals surface area contributed by atoms with Gasteiger partial charge < -0.3 is 14.8 Å². The van der Waals surface area contributed by atoms with Crippen molar-refractivity contribution in [3.05, 3.63) is 35.4 Å². The molecule has 0 bridgehead atoms. The maximum atomic E-state index is 12.2. The van der Waals surface area contributed by atoms with E-state index < -0.39 is 29.8 Å². The van der Waals surface area contributed by atoms with Crippen LogP contribution in [0.15, 0.2) is 24.3 Å². The lowest BCUT2D eigenvalue weighted by Crippen LogP contribution is -2.43. The van der Waals surface area contributed by atoms with Crippen molar-refractivity contribution >= 4 is 17.8 Å². The summed E-state index contributed by atoms with van der Waals surface area (Å²) in [6.45, 7) is 1.59. The standard InChI is InChI=1S/C16H18N2O5/c1-10(15(20)22-2)8-13(16(21)23-3)18-14(19)12-6-4-11(9-17)5-7-12/h4-7,10,13H,8H2,1-3H3,(H,18,19)/t10-,13+/m1/s1. The van der Waals surface area contributed by atoms with Gasteiger partial charge in [0.25, 0.3) is 5.91 Å². The molecule has 0 heterocycles. The second-order valence-electron chi connectivity index (χ2n) is 4.90. The molecule has 7 nitrogen and oxygen atoms in total. The van der Waals surface area contributed by atoms with E-state index in [1.165, 1.54) is 38.5 Å². The van der Waals surface area contributed by atoms with Crippen LogP contribution in [0.5, 0.6) is 0 Å². The number of ether oxygens (including phenoxy) is 2. The predicted molar refractivity (Wildman–Crippen MR) is 80.2 cm³/mol. The molecule has 1 rings (SSSR count). The topological polar surface area (TPSA) is 105 Å². The molecular formula is C16H18N2O5. The lowest BCUT2D eigenvalue weighted by Gasteiger charge is -2.19. The molecule has 23 heavy (non-hydrogen) atoms. The van der Waals surface area contributed by atoms with E-state index >= 15 is 0 Å². The summed E-state index contributed by atoms with van der Waals surface area (Å²) in [6.07, 6.45) is 0.0569. The lowest BCUT2D eigenvalue weighted by atomic mass is 10.0. The largest absolute Gasteiger partial charge is 0.469 e. The Hall–Kier alpha value is -2.88. The maximum Gasteiger partial charge on any atom is 0.328 e. The molecule has 0 aromatic heterocycles. The van der Waals surface area contributed by atoms with Crippen molar-refractivity contribution in [2.75, 3.05) is 14.2 Å². The van der Waals surface area contributed by atoms with Gasteiger partial charge in [0.05, 0.1) is 31.8 Å². The van der Waals surface area contributed by atoms with Crippen molar-refractivity contribution in [2.45, 2.75) is 19.4 Å². The second kappa shape index (κ2) is 8.54. The predicted octanol–water partition coefficient (Wildman–Crippen LogP) is 1.03. The smallest absolute Gasteiger partial charge is 0.328 e. The number of carbonyl (C=O) groups excluding carboxylic acids is 3. The maximum absolute atomic E-state index is 12.2. The Kier molecular flexibility index (Phi) is 6.74. The van der Waals surface area contributed by atoms with E-state index in [1.807, 2.05) is 6.07 Å². The Labute approximate surface area is 134 Å². The summed E-state index contributed by atoms with van der Waals surface area (Å²) in [5, 5.41) is 11.3. The summed E-state index contributed by atoms with van der Waals surface area (Å²) in [5.74, 6) is -2.21. The van der Waals surface area contributed by atoms with E-state index in [-0.39, 0.29) is 6.42 Å². The first kappa shape index (κ1) is 18.2. The molecule has 0 saturated heterocycles. The molecule has 0 radical (unpaired) electrons. The summed E-state index contributed by atoms with van der Waals surface area (Å²) in [5.41, 5.74) is 0.717. The van der Waals surface area contributed by atoms with E-state index in [2.05, 4.69) is 14.8 Å². The minimum absolute atomic E-state index is 0.0569. The van der Waals surface area contributed by atoms with Gasteiger partial charge in [-0.15, -0.1) is 0 Å². The molecule has 0 fully saturated rings. The zero-order valence-electron chi connectivity index (χ0n) is 13.2. The van der Waals surface area contributed by atoms with Gasteiger partial charge in [-0.3, -0.25) is 9.59 Å². The number of carbonyl (C=O) groups is 3. The molecule has 0 unspecified atom stereocenters. The summed E-state index contributed by atoms with van der Waals surface area (Å²) in [7, 11) is 2.45. The number of hydrogen-bond acceptors (Lipinski definition) is 6. The fourth-order valence-corrected chi connectivity index (χ4v) is 1.95. The third-order valence-corrected chi connectivity index (χ3v) is 3.26. The average Bonchev–Trinajstić information content (AvgIpc) is 2.59. The SMILES string of the molecule is COC(=O)[C@H](C)C[C@H](NC(=O)c1ccc(C#N)cc1)C(=O)OC. The molecule has 122 valence electrons. The summed E-state index contributed by atoms with van der Waals surface area (Å²) in [6, 6.07) is 6.93. The van der Waals surface area contributed by atoms with Crippen molar-refractivity contribution in [3.8, 4) is 6.07 Å². The monoisotopic (exact) mass is 318 g/mol. The van der Waals surface area contributed by atoms with Gasteiger partial charge in [0, 0.05) is 5.56 Å². The zero-order chi connectivity index (χ0) is 17.4. The minimum Gasteiger partial charge on any atom is -0.469 e. The highest BCUT2D eigenvalue weighted by atomic mass is 16.5. The van der Waals surface area contributed by atoms with Gasteiger partial charge in [0.1, 0.15) is 6.04 Å². The highest BCUT2D eigenvalue weighted by Crippen LogP contribution is 2.11. The normalized spacial score (nSPS) is 12.4. The third-order valence-electron chi connectivity index (χ3n) is 3.26. The van der Waals surface area contributed by atoms with Crippen LogP contribution >= 0.6 is 0 Å². The van der Waals surface area contributed by atoms with Crippen LogP contribution < -0.4 is 5.32 Å². The van der Waals surface area contributed by atoms with Crippen molar-refractivity contribution in [1.82, 2.24) is 5.32 Å². The lowest BCUT2D eigenvalue weighted by molar-refractivity contribution is -0.147. The van der Waals surface area contributed by atoms with Gasteiger partial charge >= 0.3 is 11.9 Å². The molecule has 0 aliphatic heterocycles. The van der Waals surface area contributed by atoms with E-state index in [1.54, 1.807) is 6.92 Å². The number of nitrogens with one attached hydrogen (secondary N) is 1. The van der Waals surface area contributed by atoms with Gasteiger partial charge in [0.2, 0.25) is 0 Å². The molecule has 7 heteroatoms. The van der Waals surface area contributed by atoms with Crippen LogP contribution in [0.3, 0.4) is 0 Å². The molecule has 0 aliphatic carbocycles. The minimum atomic E-state index is -0.975. The average molecular weight is 318 g/mol. The summed E-state index contributed by atoms with van der Waals surface area (Å²) in [4.78, 5) is 35.4. The Morgan fingerprint density at radius 3 is 2.17 bits per heavy atom. The Balaban J connectivity index is 2.83. The van der Waals surface area contributed by atoms with Gasteiger partial charge in [-0.05, 0) is 30.7 Å². The highest BCUT2D eigenvalue weighted by Gasteiger charge is 2.27. The van der Waals surface area contributed by atoms with Crippen LogP contribution in [0.25, 0.3) is 0 Å². The number of amides is 1.